The Morgan fingerprint density at radius 1 is 0.861 bits per heavy atom. The zero-order valence-electron chi connectivity index (χ0n) is 20.8. The van der Waals surface area contributed by atoms with Gasteiger partial charge in [0.1, 0.15) is 17.3 Å². The van der Waals surface area contributed by atoms with E-state index in [9.17, 15) is 18.4 Å². The van der Waals surface area contributed by atoms with Gasteiger partial charge in [0.2, 0.25) is 5.91 Å². The van der Waals surface area contributed by atoms with Crippen LogP contribution < -0.4 is 10.6 Å². The second kappa shape index (κ2) is 9.93. The monoisotopic (exact) mass is 489 g/mol. The second-order valence-corrected chi connectivity index (χ2v) is 10.2. The summed E-state index contributed by atoms with van der Waals surface area (Å²) in [5.41, 5.74) is 2.73. The summed E-state index contributed by atoms with van der Waals surface area (Å²) >= 11 is 0. The summed E-state index contributed by atoms with van der Waals surface area (Å²) in [4.78, 5) is 25.7. The quantitative estimate of drug-likeness (QED) is 0.309. The van der Waals surface area contributed by atoms with Crippen molar-refractivity contribution in [2.75, 3.05) is 10.6 Å². The molecule has 0 saturated heterocycles. The minimum absolute atomic E-state index is 0.118. The van der Waals surface area contributed by atoms with Gasteiger partial charge in [-0.1, -0.05) is 39.0 Å². The first kappa shape index (κ1) is 25.1. The SMILES string of the molecule is Cc1cccc(NC(=O)c2cc3cc(NC(=O)CC(C)(C)C)ccc3n2Cc2c(F)cccc2F)c1. The summed E-state index contributed by atoms with van der Waals surface area (Å²) in [7, 11) is 0. The van der Waals surface area contributed by atoms with E-state index in [1.165, 1.54) is 18.2 Å². The Morgan fingerprint density at radius 3 is 2.19 bits per heavy atom. The first-order valence-electron chi connectivity index (χ1n) is 11.7. The van der Waals surface area contributed by atoms with E-state index in [1.54, 1.807) is 34.9 Å². The molecule has 186 valence electrons. The molecule has 36 heavy (non-hydrogen) atoms. The Balaban J connectivity index is 1.74. The smallest absolute Gasteiger partial charge is 0.272 e. The van der Waals surface area contributed by atoms with Gasteiger partial charge in [-0.3, -0.25) is 9.59 Å². The molecule has 1 heterocycles. The summed E-state index contributed by atoms with van der Waals surface area (Å²) in [6, 6.07) is 17.9. The van der Waals surface area contributed by atoms with E-state index >= 15 is 0 Å². The molecule has 3 aromatic carbocycles. The van der Waals surface area contributed by atoms with Crippen LogP contribution in [0.3, 0.4) is 0 Å². The molecule has 1 aromatic heterocycles. The van der Waals surface area contributed by atoms with Crippen molar-refractivity contribution in [3.8, 4) is 0 Å². The summed E-state index contributed by atoms with van der Waals surface area (Å²) in [5.74, 6) is -1.90. The van der Waals surface area contributed by atoms with Gasteiger partial charge in [-0.05, 0) is 66.4 Å². The maximum atomic E-state index is 14.5. The number of nitrogens with zero attached hydrogens (tertiary/aromatic N) is 1. The number of benzene rings is 3. The van der Waals surface area contributed by atoms with Gasteiger partial charge >= 0.3 is 0 Å². The Kier molecular flexibility index (Phi) is 6.93. The molecule has 7 heteroatoms. The van der Waals surface area contributed by atoms with E-state index in [1.807, 2.05) is 45.9 Å². The fourth-order valence-electron chi connectivity index (χ4n) is 4.15. The number of aryl methyl sites for hydroxylation is 1. The van der Waals surface area contributed by atoms with Gasteiger partial charge in [0.25, 0.3) is 5.91 Å². The van der Waals surface area contributed by atoms with Crippen molar-refractivity contribution >= 4 is 34.1 Å². The van der Waals surface area contributed by atoms with Crippen molar-refractivity contribution in [3.05, 3.63) is 95.2 Å². The van der Waals surface area contributed by atoms with Crippen LogP contribution in [0.1, 0.15) is 48.8 Å². The highest BCUT2D eigenvalue weighted by Crippen LogP contribution is 2.28. The van der Waals surface area contributed by atoms with Gasteiger partial charge in [-0.25, -0.2) is 8.78 Å². The van der Waals surface area contributed by atoms with E-state index in [-0.39, 0.29) is 29.1 Å². The zero-order valence-corrected chi connectivity index (χ0v) is 20.8. The Labute approximate surface area is 209 Å². The molecule has 5 nitrogen and oxygen atoms in total. The van der Waals surface area contributed by atoms with Crippen molar-refractivity contribution < 1.29 is 18.4 Å². The van der Waals surface area contributed by atoms with Gasteiger partial charge in [-0.2, -0.15) is 0 Å². The van der Waals surface area contributed by atoms with E-state index in [0.717, 1.165) is 5.56 Å². The molecule has 0 aliphatic rings. The highest BCUT2D eigenvalue weighted by atomic mass is 19.1. The first-order chi connectivity index (χ1) is 17.0. The van der Waals surface area contributed by atoms with Crippen molar-refractivity contribution in [2.45, 2.75) is 40.7 Å². The molecular formula is C29H29F2N3O2. The van der Waals surface area contributed by atoms with Gasteiger partial charge in [0.05, 0.1) is 6.54 Å². The molecule has 0 unspecified atom stereocenters. The number of carbonyl (C=O) groups is 2. The third-order valence-electron chi connectivity index (χ3n) is 5.76. The molecule has 0 saturated carbocycles. The molecule has 0 aliphatic heterocycles. The first-order valence-corrected chi connectivity index (χ1v) is 11.7. The molecule has 0 atom stereocenters. The Bertz CT molecular complexity index is 1430. The van der Waals surface area contributed by atoms with Crippen LogP contribution in [0.5, 0.6) is 0 Å². The van der Waals surface area contributed by atoms with Crippen LogP contribution >= 0.6 is 0 Å². The number of hydrogen-bond donors (Lipinski definition) is 2. The van der Waals surface area contributed by atoms with Gasteiger partial charge < -0.3 is 15.2 Å². The average molecular weight is 490 g/mol. The predicted octanol–water partition coefficient (Wildman–Crippen LogP) is 6.90. The average Bonchev–Trinajstić information content (AvgIpc) is 3.13. The zero-order chi connectivity index (χ0) is 26.0. The number of amides is 2. The number of aromatic nitrogens is 1. The number of halogens is 2. The molecular weight excluding hydrogens is 460 g/mol. The topological polar surface area (TPSA) is 63.1 Å². The molecule has 4 rings (SSSR count). The number of hydrogen-bond acceptors (Lipinski definition) is 2. The molecule has 2 N–H and O–H groups in total. The van der Waals surface area contributed by atoms with E-state index < -0.39 is 17.5 Å². The minimum Gasteiger partial charge on any atom is -0.332 e. The molecule has 0 radical (unpaired) electrons. The fraction of sp³-hybridized carbons (Fsp3) is 0.241. The minimum atomic E-state index is -0.687. The maximum absolute atomic E-state index is 14.5. The molecule has 4 aromatic rings. The van der Waals surface area contributed by atoms with Crippen LogP contribution in [0.4, 0.5) is 20.2 Å². The lowest BCUT2D eigenvalue weighted by Gasteiger charge is -2.17. The summed E-state index contributed by atoms with van der Waals surface area (Å²) in [5, 5.41) is 6.43. The van der Waals surface area contributed by atoms with Gasteiger partial charge in [-0.15, -0.1) is 0 Å². The number of anilines is 2. The van der Waals surface area contributed by atoms with Crippen LogP contribution in [0.2, 0.25) is 0 Å². The largest absolute Gasteiger partial charge is 0.332 e. The number of nitrogens with one attached hydrogen (secondary N) is 2. The summed E-state index contributed by atoms with van der Waals surface area (Å²) < 4.78 is 30.6. The van der Waals surface area contributed by atoms with E-state index in [2.05, 4.69) is 10.6 Å². The second-order valence-electron chi connectivity index (χ2n) is 10.2. The van der Waals surface area contributed by atoms with Crippen molar-refractivity contribution in [2.24, 2.45) is 5.41 Å². The van der Waals surface area contributed by atoms with Crippen LogP contribution in [0.25, 0.3) is 10.9 Å². The number of rotatable bonds is 6. The highest BCUT2D eigenvalue weighted by molar-refractivity contribution is 6.07. The lowest BCUT2D eigenvalue weighted by atomic mass is 9.92. The predicted molar refractivity (Wildman–Crippen MR) is 139 cm³/mol. The molecule has 0 fully saturated rings. The summed E-state index contributed by atoms with van der Waals surface area (Å²) in [6.07, 6.45) is 0.350. The lowest BCUT2D eigenvalue weighted by Crippen LogP contribution is -2.19. The van der Waals surface area contributed by atoms with Crippen molar-refractivity contribution in [1.29, 1.82) is 0 Å². The van der Waals surface area contributed by atoms with Crippen LogP contribution in [-0.4, -0.2) is 16.4 Å². The number of fused-ring (bicyclic) bond motifs is 1. The highest BCUT2D eigenvalue weighted by Gasteiger charge is 2.20. The van der Waals surface area contributed by atoms with Crippen LogP contribution in [0, 0.1) is 24.0 Å². The fourth-order valence-corrected chi connectivity index (χ4v) is 4.15. The van der Waals surface area contributed by atoms with Crippen LogP contribution in [0.15, 0.2) is 66.7 Å². The molecule has 0 bridgehead atoms. The Hall–Kier alpha value is -4.00. The third kappa shape index (κ3) is 5.79. The van der Waals surface area contributed by atoms with Gasteiger partial charge in [0.15, 0.2) is 0 Å². The van der Waals surface area contributed by atoms with Crippen molar-refractivity contribution in [1.82, 2.24) is 4.57 Å². The van der Waals surface area contributed by atoms with Crippen LogP contribution in [-0.2, 0) is 11.3 Å². The standard InChI is InChI=1S/C29H29F2N3O2/c1-18-7-5-8-20(13-18)33-28(36)26-15-19-14-21(32-27(35)16-29(2,3)4)11-12-25(19)34(26)17-22-23(30)9-6-10-24(22)31/h5-15H,16-17H2,1-4H3,(H,32,35)(H,33,36). The van der Waals surface area contributed by atoms with Gasteiger partial charge in [0, 0.05) is 34.3 Å². The molecule has 2 amide bonds. The number of carbonyl (C=O) groups excluding carboxylic acids is 2. The summed E-state index contributed by atoms with van der Waals surface area (Å²) in [6.45, 7) is 7.70. The maximum Gasteiger partial charge on any atom is 0.272 e. The van der Waals surface area contributed by atoms with E-state index in [4.69, 9.17) is 0 Å². The van der Waals surface area contributed by atoms with E-state index in [0.29, 0.717) is 28.7 Å². The third-order valence-corrected chi connectivity index (χ3v) is 5.76. The Morgan fingerprint density at radius 2 is 1.53 bits per heavy atom. The van der Waals surface area contributed by atoms with Crippen molar-refractivity contribution in [3.63, 3.8) is 0 Å². The molecule has 0 aliphatic carbocycles. The molecule has 0 spiro atoms. The normalized spacial score (nSPS) is 11.5. The lowest BCUT2D eigenvalue weighted by molar-refractivity contribution is -0.117.